The quantitative estimate of drug-likeness (QED) is 0.300. The first kappa shape index (κ1) is 18.2. The van der Waals surface area contributed by atoms with Crippen LogP contribution < -0.4 is 21.7 Å². The molecule has 2 rings (SSSR count). The molecule has 1 amide bonds. The lowest BCUT2D eigenvalue weighted by atomic mass is 10.0. The topological polar surface area (TPSA) is 116 Å². The highest BCUT2D eigenvalue weighted by Gasteiger charge is 2.21. The van der Waals surface area contributed by atoms with Crippen molar-refractivity contribution in [1.29, 1.82) is 0 Å². The molecule has 0 fully saturated rings. The summed E-state index contributed by atoms with van der Waals surface area (Å²) < 4.78 is 6.68. The minimum atomic E-state index is -0.484. The van der Waals surface area contributed by atoms with Gasteiger partial charge in [-0.2, -0.15) is 0 Å². The van der Waals surface area contributed by atoms with E-state index in [2.05, 4.69) is 38.2 Å². The van der Waals surface area contributed by atoms with Gasteiger partial charge in [0, 0.05) is 10.0 Å². The van der Waals surface area contributed by atoms with Crippen LogP contribution in [0.1, 0.15) is 35.8 Å². The molecule has 0 unspecified atom stereocenters. The van der Waals surface area contributed by atoms with E-state index in [1.165, 1.54) is 0 Å². The molecule has 2 aromatic rings. The summed E-state index contributed by atoms with van der Waals surface area (Å²) in [6.45, 7) is 4.34. The number of hydrazine groups is 1. The van der Waals surface area contributed by atoms with Crippen LogP contribution in [0.4, 0.5) is 5.95 Å². The van der Waals surface area contributed by atoms with Gasteiger partial charge in [-0.3, -0.25) is 10.2 Å². The Bertz CT molecular complexity index is 751. The largest absolute Gasteiger partial charge is 0.493 e. The van der Waals surface area contributed by atoms with E-state index in [0.29, 0.717) is 29.3 Å². The summed E-state index contributed by atoms with van der Waals surface area (Å²) in [7, 11) is 0. The van der Waals surface area contributed by atoms with Gasteiger partial charge in [0.05, 0.1) is 23.6 Å². The molecule has 0 radical (unpaired) electrons. The summed E-state index contributed by atoms with van der Waals surface area (Å²) in [6.07, 6.45) is 1.95. The molecule has 7 nitrogen and oxygen atoms in total. The molecular weight excluding hydrogens is 374 g/mol. The highest BCUT2D eigenvalue weighted by Crippen LogP contribution is 2.35. The monoisotopic (exact) mass is 393 g/mol. The van der Waals surface area contributed by atoms with E-state index < -0.39 is 5.91 Å². The molecule has 24 heavy (non-hydrogen) atoms. The van der Waals surface area contributed by atoms with Crippen LogP contribution in [0.25, 0.3) is 11.3 Å². The lowest BCUT2D eigenvalue weighted by Gasteiger charge is -2.15. The minimum Gasteiger partial charge on any atom is -0.493 e. The van der Waals surface area contributed by atoms with E-state index in [0.717, 1.165) is 17.3 Å². The number of aromatic nitrogens is 2. The van der Waals surface area contributed by atoms with Gasteiger partial charge >= 0.3 is 0 Å². The molecule has 0 aliphatic heterocycles. The number of nitrogen functional groups attached to an aromatic ring is 2. The van der Waals surface area contributed by atoms with Crippen LogP contribution in [-0.2, 0) is 0 Å². The molecule has 1 heterocycles. The average molecular weight is 394 g/mol. The fourth-order valence-electron chi connectivity index (χ4n) is 2.27. The standard InChI is InChI=1S/C16H20BrN5O2/c1-3-4-7-24-12-6-5-10(17)8-11(12)14-13(15(23)22-19)9(2)20-16(18)21-14/h5-6,8H,3-4,7,19H2,1-2H3,(H,22,23)(H2,18,20,21). The summed E-state index contributed by atoms with van der Waals surface area (Å²) in [4.78, 5) is 20.5. The molecular formula is C16H20BrN5O2. The van der Waals surface area contributed by atoms with Crippen molar-refractivity contribution >= 4 is 27.8 Å². The number of unbranched alkanes of at least 4 members (excludes halogenated alkanes) is 1. The van der Waals surface area contributed by atoms with Gasteiger partial charge in [-0.05, 0) is 31.5 Å². The van der Waals surface area contributed by atoms with Crippen molar-refractivity contribution in [3.8, 4) is 17.0 Å². The summed E-state index contributed by atoms with van der Waals surface area (Å²) in [5.74, 6) is 5.51. The molecule has 0 saturated carbocycles. The number of anilines is 1. The number of hydrogen-bond donors (Lipinski definition) is 3. The van der Waals surface area contributed by atoms with Gasteiger partial charge in [0.15, 0.2) is 0 Å². The van der Waals surface area contributed by atoms with Crippen molar-refractivity contribution in [1.82, 2.24) is 15.4 Å². The van der Waals surface area contributed by atoms with Gasteiger partial charge in [0.1, 0.15) is 5.75 Å². The lowest BCUT2D eigenvalue weighted by molar-refractivity contribution is 0.0953. The molecule has 0 aliphatic carbocycles. The highest BCUT2D eigenvalue weighted by atomic mass is 79.9. The SMILES string of the molecule is CCCCOc1ccc(Br)cc1-c1nc(N)nc(C)c1C(=O)NN. The Labute approximate surface area is 148 Å². The van der Waals surface area contributed by atoms with Crippen LogP contribution in [0.3, 0.4) is 0 Å². The lowest BCUT2D eigenvalue weighted by Crippen LogP contribution is -2.31. The minimum absolute atomic E-state index is 0.0792. The molecule has 0 atom stereocenters. The van der Waals surface area contributed by atoms with Crippen LogP contribution in [0.5, 0.6) is 5.75 Å². The third-order valence-corrected chi connectivity index (χ3v) is 3.91. The predicted octanol–water partition coefficient (Wildman–Crippen LogP) is 2.58. The Kier molecular flexibility index (Phi) is 6.10. The Balaban J connectivity index is 2.62. The summed E-state index contributed by atoms with van der Waals surface area (Å²) in [6, 6.07) is 5.52. The van der Waals surface area contributed by atoms with Gasteiger partial charge in [-0.25, -0.2) is 15.8 Å². The normalized spacial score (nSPS) is 10.5. The van der Waals surface area contributed by atoms with E-state index in [9.17, 15) is 4.79 Å². The second-order valence-electron chi connectivity index (χ2n) is 5.21. The van der Waals surface area contributed by atoms with E-state index in [-0.39, 0.29) is 11.5 Å². The number of halogens is 1. The second-order valence-corrected chi connectivity index (χ2v) is 6.12. The van der Waals surface area contributed by atoms with Crippen molar-refractivity contribution in [3.05, 3.63) is 33.9 Å². The first-order valence-corrected chi connectivity index (χ1v) is 8.35. The molecule has 0 saturated heterocycles. The number of nitrogens with zero attached hydrogens (tertiary/aromatic N) is 2. The molecule has 1 aromatic carbocycles. The van der Waals surface area contributed by atoms with Crippen LogP contribution in [0.15, 0.2) is 22.7 Å². The number of amides is 1. The number of nitrogens with one attached hydrogen (secondary N) is 1. The van der Waals surface area contributed by atoms with E-state index in [1.807, 2.05) is 18.2 Å². The number of aryl methyl sites for hydroxylation is 1. The number of hydrogen-bond acceptors (Lipinski definition) is 6. The highest BCUT2D eigenvalue weighted by molar-refractivity contribution is 9.10. The third kappa shape index (κ3) is 4.01. The Morgan fingerprint density at radius 1 is 1.38 bits per heavy atom. The van der Waals surface area contributed by atoms with E-state index >= 15 is 0 Å². The number of nitrogens with two attached hydrogens (primary N) is 2. The van der Waals surface area contributed by atoms with Gasteiger partial charge in [0.25, 0.3) is 5.91 Å². The number of carbonyl (C=O) groups is 1. The number of carbonyl (C=O) groups excluding carboxylic acids is 1. The molecule has 5 N–H and O–H groups in total. The smallest absolute Gasteiger partial charge is 0.269 e. The maximum atomic E-state index is 12.2. The molecule has 8 heteroatoms. The first-order chi connectivity index (χ1) is 11.5. The molecule has 0 bridgehead atoms. The van der Waals surface area contributed by atoms with Gasteiger partial charge in [-0.15, -0.1) is 0 Å². The summed E-state index contributed by atoms with van der Waals surface area (Å²) in [5, 5.41) is 0. The second kappa shape index (κ2) is 8.07. The molecule has 0 aliphatic rings. The maximum Gasteiger partial charge on any atom is 0.269 e. The van der Waals surface area contributed by atoms with Crippen molar-refractivity contribution in [3.63, 3.8) is 0 Å². The van der Waals surface area contributed by atoms with E-state index in [1.54, 1.807) is 6.92 Å². The maximum absolute atomic E-state index is 12.2. The van der Waals surface area contributed by atoms with E-state index in [4.69, 9.17) is 16.3 Å². The van der Waals surface area contributed by atoms with Crippen LogP contribution in [0.2, 0.25) is 0 Å². The summed E-state index contributed by atoms with van der Waals surface area (Å²) in [5.41, 5.74) is 9.65. The Hall–Kier alpha value is -2.19. The van der Waals surface area contributed by atoms with Crippen molar-refractivity contribution in [2.24, 2.45) is 5.84 Å². The molecule has 0 spiro atoms. The number of benzene rings is 1. The summed E-state index contributed by atoms with van der Waals surface area (Å²) >= 11 is 3.44. The van der Waals surface area contributed by atoms with Crippen molar-refractivity contribution in [2.45, 2.75) is 26.7 Å². The van der Waals surface area contributed by atoms with Crippen LogP contribution in [-0.4, -0.2) is 22.5 Å². The molecule has 128 valence electrons. The zero-order valence-corrected chi connectivity index (χ0v) is 15.2. The van der Waals surface area contributed by atoms with Gasteiger partial charge in [0.2, 0.25) is 5.95 Å². The third-order valence-electron chi connectivity index (χ3n) is 3.42. The zero-order chi connectivity index (χ0) is 17.7. The predicted molar refractivity (Wildman–Crippen MR) is 96.4 cm³/mol. The number of rotatable bonds is 6. The fraction of sp³-hybridized carbons (Fsp3) is 0.312. The van der Waals surface area contributed by atoms with Crippen LogP contribution >= 0.6 is 15.9 Å². The van der Waals surface area contributed by atoms with Crippen molar-refractivity contribution in [2.75, 3.05) is 12.3 Å². The Morgan fingerprint density at radius 3 is 2.79 bits per heavy atom. The van der Waals surface area contributed by atoms with Gasteiger partial charge < -0.3 is 10.5 Å². The fourth-order valence-corrected chi connectivity index (χ4v) is 2.63. The average Bonchev–Trinajstić information content (AvgIpc) is 2.55. The zero-order valence-electron chi connectivity index (χ0n) is 13.6. The Morgan fingerprint density at radius 2 is 2.12 bits per heavy atom. The van der Waals surface area contributed by atoms with Gasteiger partial charge in [-0.1, -0.05) is 29.3 Å². The van der Waals surface area contributed by atoms with Crippen LogP contribution in [0, 0.1) is 6.92 Å². The first-order valence-electron chi connectivity index (χ1n) is 7.55. The number of ether oxygens (including phenoxy) is 1. The molecule has 1 aromatic heterocycles. The van der Waals surface area contributed by atoms with Crippen molar-refractivity contribution < 1.29 is 9.53 Å².